The number of likely N-dealkylation sites (N-methyl/N-ethyl adjacent to an activating group) is 1. The molecule has 11 atom stereocenters. The van der Waals surface area contributed by atoms with E-state index in [4.69, 9.17) is 38.0 Å². The van der Waals surface area contributed by atoms with Gasteiger partial charge in [0.25, 0.3) is 17.7 Å². The Morgan fingerprint density at radius 1 is 0.776 bits per heavy atom. The Labute approximate surface area is 436 Å². The predicted octanol–water partition coefficient (Wildman–Crippen LogP) is 2.46. The predicted molar refractivity (Wildman–Crippen MR) is 254 cm³/mol. The summed E-state index contributed by atoms with van der Waals surface area (Å²) in [7, 11) is 0.685. The van der Waals surface area contributed by atoms with Crippen LogP contribution in [-0.4, -0.2) is 190 Å². The molecule has 7 amide bonds. The average molecular weight is 1090 g/mol. The number of aliphatic hydroxyl groups is 3. The summed E-state index contributed by atoms with van der Waals surface area (Å²) in [6, 6.07) is -0.399. The lowest BCUT2D eigenvalue weighted by Crippen LogP contribution is -2.70. The van der Waals surface area contributed by atoms with Crippen LogP contribution in [-0.2, 0) is 52.4 Å². The average Bonchev–Trinajstić information content (AvgIpc) is 3.59. The van der Waals surface area contributed by atoms with Gasteiger partial charge in [-0.25, -0.2) is 19.2 Å². The van der Waals surface area contributed by atoms with Gasteiger partial charge in [0.05, 0.1) is 42.9 Å². The Bertz CT molecular complexity index is 2230. The summed E-state index contributed by atoms with van der Waals surface area (Å²) >= 11 is 0. The molecule has 1 saturated carbocycles. The van der Waals surface area contributed by atoms with Crippen LogP contribution in [0.2, 0.25) is 0 Å². The number of carbonyl (C=O) groups excluding carboxylic acids is 8. The lowest BCUT2D eigenvalue weighted by atomic mass is 9.82. The summed E-state index contributed by atoms with van der Waals surface area (Å²) in [5.41, 5.74) is -5.62. The van der Waals surface area contributed by atoms with Gasteiger partial charge in [-0.2, -0.15) is 13.2 Å². The molecule has 2 saturated heterocycles. The van der Waals surface area contributed by atoms with Crippen molar-refractivity contribution in [3.05, 3.63) is 35.4 Å². The van der Waals surface area contributed by atoms with E-state index in [2.05, 4.69) is 21.3 Å². The molecule has 76 heavy (non-hydrogen) atoms. The monoisotopic (exact) mass is 1090 g/mol. The number of ether oxygens (including phenoxy) is 7. The van der Waals surface area contributed by atoms with E-state index in [0.717, 1.165) is 31.2 Å². The van der Waals surface area contributed by atoms with E-state index >= 15 is 0 Å². The molecule has 3 fully saturated rings. The third-order valence-corrected chi connectivity index (χ3v) is 11.4. The number of amides is 7. The fourth-order valence-corrected chi connectivity index (χ4v) is 8.10. The van der Waals surface area contributed by atoms with Crippen LogP contribution in [0.15, 0.2) is 24.3 Å². The van der Waals surface area contributed by atoms with Crippen LogP contribution in [0.4, 0.5) is 27.6 Å². The number of rotatable bonds is 17. The van der Waals surface area contributed by atoms with E-state index in [1.165, 1.54) is 0 Å². The number of hydrogen-bond donors (Lipinski definition) is 7. The summed E-state index contributed by atoms with van der Waals surface area (Å²) < 4.78 is 82.0. The van der Waals surface area contributed by atoms with Crippen LogP contribution in [0, 0.1) is 0 Å². The van der Waals surface area contributed by atoms with Gasteiger partial charge in [0, 0.05) is 32.0 Å². The highest BCUT2D eigenvalue weighted by atomic mass is 19.4. The van der Waals surface area contributed by atoms with Crippen molar-refractivity contribution in [2.45, 2.75) is 192 Å². The number of halogens is 3. The number of nitrogens with zero attached hydrogens (tertiary/aromatic N) is 2. The molecule has 1 aromatic carbocycles. The summed E-state index contributed by atoms with van der Waals surface area (Å²) in [6.45, 7) is 15.6. The van der Waals surface area contributed by atoms with Crippen LogP contribution >= 0.6 is 0 Å². The first-order chi connectivity index (χ1) is 34.9. The van der Waals surface area contributed by atoms with E-state index in [9.17, 15) is 66.8 Å². The summed E-state index contributed by atoms with van der Waals surface area (Å²) in [4.78, 5) is 108. The molecule has 1 aromatic rings. The van der Waals surface area contributed by atoms with Gasteiger partial charge in [0.15, 0.2) is 12.6 Å². The minimum absolute atomic E-state index is 0.0640. The van der Waals surface area contributed by atoms with Crippen molar-refractivity contribution in [2.75, 3.05) is 26.7 Å². The molecule has 28 heteroatoms. The second-order valence-electron chi connectivity index (χ2n) is 21.5. The number of carbonyl (C=O) groups is 8. The highest BCUT2D eigenvalue weighted by Crippen LogP contribution is 2.35. The lowest BCUT2D eigenvalue weighted by Gasteiger charge is -2.50. The molecule has 2 aliphatic heterocycles. The van der Waals surface area contributed by atoms with Crippen molar-refractivity contribution in [2.24, 2.45) is 0 Å². The number of aliphatic hydroxyl groups excluding tert-OH is 2. The summed E-state index contributed by atoms with van der Waals surface area (Å²) in [5, 5.41) is 46.1. The van der Waals surface area contributed by atoms with E-state index in [1.807, 2.05) is 0 Å². The van der Waals surface area contributed by atoms with Crippen LogP contribution in [0.5, 0.6) is 0 Å². The topological polar surface area (TPSA) is 326 Å². The van der Waals surface area contributed by atoms with E-state index in [-0.39, 0.29) is 41.8 Å². The second-order valence-corrected chi connectivity index (χ2v) is 21.5. The molecule has 10 unspecified atom stereocenters. The number of hydrogen-bond acceptors (Lipinski definition) is 19. The molecule has 7 N–H and O–H groups in total. The third-order valence-electron chi connectivity index (χ3n) is 11.4. The number of hydroxylamine groups is 2. The zero-order chi connectivity index (χ0) is 57.5. The van der Waals surface area contributed by atoms with Crippen molar-refractivity contribution in [1.82, 2.24) is 31.2 Å². The molecule has 0 aromatic heterocycles. The van der Waals surface area contributed by atoms with Crippen molar-refractivity contribution in [3.63, 3.8) is 0 Å². The van der Waals surface area contributed by atoms with E-state index in [0.29, 0.717) is 12.1 Å². The van der Waals surface area contributed by atoms with Crippen LogP contribution < -0.4 is 21.3 Å². The quantitative estimate of drug-likeness (QED) is 0.0669. The van der Waals surface area contributed by atoms with Crippen LogP contribution in [0.25, 0.3) is 0 Å². The summed E-state index contributed by atoms with van der Waals surface area (Å²) in [5.74, 6) is -5.96. The van der Waals surface area contributed by atoms with E-state index < -0.39 is 157 Å². The number of alkyl carbamates (subject to hydrolysis) is 3. The molecule has 4 rings (SSSR count). The highest BCUT2D eigenvalue weighted by Gasteiger charge is 2.56. The lowest BCUT2D eigenvalue weighted by molar-refractivity contribution is -0.313. The van der Waals surface area contributed by atoms with Gasteiger partial charge in [-0.05, 0) is 106 Å². The zero-order valence-corrected chi connectivity index (χ0v) is 44.4. The smallest absolute Gasteiger partial charge is 0.444 e. The molecule has 0 radical (unpaired) electrons. The fourth-order valence-electron chi connectivity index (χ4n) is 8.10. The number of benzene rings is 1. The van der Waals surface area contributed by atoms with Gasteiger partial charge in [-0.15, -0.1) is 5.06 Å². The maximum atomic E-state index is 14.1. The normalized spacial score (nSPS) is 26.1. The maximum absolute atomic E-state index is 14.1. The fraction of sp³-hybridized carbons (Fsp3) is 0.708. The molecule has 0 bridgehead atoms. The Kier molecular flexibility index (Phi) is 20.6. The number of nitrogens with one attached hydrogen (secondary N) is 4. The Balaban J connectivity index is 1.79. The third kappa shape index (κ3) is 18.1. The molecule has 3 aliphatic rings. The first-order valence-electron chi connectivity index (χ1n) is 24.3. The molecule has 25 nitrogen and oxygen atoms in total. The zero-order valence-electron chi connectivity index (χ0n) is 44.4. The first-order valence-corrected chi connectivity index (χ1v) is 24.3. The largest absolute Gasteiger partial charge is 0.471 e. The molecular formula is C48H71F3N6O19. The second kappa shape index (κ2) is 25.0. The maximum Gasteiger partial charge on any atom is 0.471 e. The standard InChI is InChI=1S/C48H71F3N6O19/c1-13-26(21-52-41(65)73-44(2,3)4)70-31(22-53-42(66)74-45(5,6)7)71-34-28(55-43(67)75-46(8,9)10)20-27(54-37(62)24-14-16-25(17-15-24)38(63)76-57-29(58)18-19-30(57)59)35(32(34)60)72-39-33(61)36(47(11,68)23-69-39)56(12)40(64)48(49,50)51/h14-17,26-28,31-36,39,60-61,68H,13,18-23H2,1-12H3,(H,52,65)(H,53,66)(H,54,62)(H,55,67)/t26?,27-,28?,31?,32?,33?,34?,35?,36?,39?,47?/m1/s1. The summed E-state index contributed by atoms with van der Waals surface area (Å²) in [6.07, 6.45) is -21.4. The number of imide groups is 1. The van der Waals surface area contributed by atoms with Gasteiger partial charge in [-0.3, -0.25) is 19.2 Å². The SMILES string of the molecule is CCC(CNC(=O)OC(C)(C)C)OC(CNC(=O)OC(C)(C)C)OC1C(NC(=O)OC(C)(C)C)C[C@@H](NC(=O)c2ccc(C(=O)ON3C(=O)CCC3=O)cc2)C(OC2OCC(C)(O)C(N(C)C(=O)C(F)(F)F)C2O)C1O. The van der Waals surface area contributed by atoms with Crippen molar-refractivity contribution < 1.29 is 105 Å². The van der Waals surface area contributed by atoms with Crippen molar-refractivity contribution in [1.29, 1.82) is 0 Å². The Hall–Kier alpha value is -5.91. The Morgan fingerprint density at radius 2 is 1.28 bits per heavy atom. The van der Waals surface area contributed by atoms with Gasteiger partial charge in [0.1, 0.15) is 46.8 Å². The van der Waals surface area contributed by atoms with E-state index in [1.54, 1.807) is 69.2 Å². The van der Waals surface area contributed by atoms with Gasteiger partial charge >= 0.3 is 36.3 Å². The molecule has 1 aliphatic carbocycles. The van der Waals surface area contributed by atoms with Gasteiger partial charge in [-0.1, -0.05) is 6.92 Å². The van der Waals surface area contributed by atoms with Crippen LogP contribution in [0.1, 0.15) is 123 Å². The molecule has 0 spiro atoms. The van der Waals surface area contributed by atoms with Crippen molar-refractivity contribution in [3.8, 4) is 0 Å². The highest BCUT2D eigenvalue weighted by molar-refractivity contribution is 6.03. The number of alkyl halides is 3. The van der Waals surface area contributed by atoms with Gasteiger partial charge < -0.3 is 79.5 Å². The first kappa shape index (κ1) is 62.6. The van der Waals surface area contributed by atoms with Gasteiger partial charge in [0.2, 0.25) is 0 Å². The molecule has 428 valence electrons. The minimum Gasteiger partial charge on any atom is -0.444 e. The molecule has 2 heterocycles. The van der Waals surface area contributed by atoms with Crippen LogP contribution in [0.3, 0.4) is 0 Å². The van der Waals surface area contributed by atoms with Crippen molar-refractivity contribution >= 4 is 47.9 Å². The Morgan fingerprint density at radius 3 is 1.79 bits per heavy atom. The molecular weight excluding hydrogens is 1020 g/mol. The minimum atomic E-state index is -5.46.